The molecule has 22 heavy (non-hydrogen) atoms. The van der Waals surface area contributed by atoms with Gasteiger partial charge in [0, 0.05) is 0 Å². The second-order valence-corrected chi connectivity index (χ2v) is 6.06. The van der Waals surface area contributed by atoms with E-state index in [1.165, 1.54) is 18.2 Å². The molecule has 1 rings (SSSR count). The van der Waals surface area contributed by atoms with E-state index in [0.29, 0.717) is 5.56 Å². The number of halogens is 3. The summed E-state index contributed by atoms with van der Waals surface area (Å²) in [5.74, 6) is -0.960. The maximum atomic E-state index is 12.8. The minimum absolute atomic E-state index is 0.188. The standard InChI is InChI=1S/C16H17F3O2S/c1-4-10-15(14(20)21-3,22-16(17,18)19)11-9-13-7-5-12(2)6-8-13/h4-9,11H,1,10H2,2-3H3/b11-9+. The second-order valence-electron chi connectivity index (χ2n) is 4.67. The Hall–Kier alpha value is -1.69. The van der Waals surface area contributed by atoms with Crippen molar-refractivity contribution in [2.24, 2.45) is 0 Å². The number of hydrogen-bond acceptors (Lipinski definition) is 3. The zero-order valence-electron chi connectivity index (χ0n) is 12.3. The Morgan fingerprint density at radius 3 is 2.36 bits per heavy atom. The van der Waals surface area contributed by atoms with E-state index in [1.54, 1.807) is 12.1 Å². The fraction of sp³-hybridized carbons (Fsp3) is 0.312. The highest BCUT2D eigenvalue weighted by Gasteiger charge is 2.47. The summed E-state index contributed by atoms with van der Waals surface area (Å²) in [5, 5.41) is 0. The van der Waals surface area contributed by atoms with E-state index in [0.717, 1.165) is 12.7 Å². The lowest BCUT2D eigenvalue weighted by Crippen LogP contribution is -2.36. The fourth-order valence-corrected chi connectivity index (χ4v) is 2.76. The number of carbonyl (C=O) groups excluding carboxylic acids is 1. The largest absolute Gasteiger partial charge is 0.468 e. The summed E-state index contributed by atoms with van der Waals surface area (Å²) in [6.45, 7) is 5.34. The first-order valence-corrected chi connectivity index (χ1v) is 7.26. The lowest BCUT2D eigenvalue weighted by atomic mass is 10.0. The van der Waals surface area contributed by atoms with Crippen LogP contribution in [0.2, 0.25) is 0 Å². The van der Waals surface area contributed by atoms with Gasteiger partial charge in [0.1, 0.15) is 4.75 Å². The van der Waals surface area contributed by atoms with E-state index in [9.17, 15) is 18.0 Å². The Labute approximate surface area is 132 Å². The van der Waals surface area contributed by atoms with Crippen LogP contribution in [0.25, 0.3) is 6.08 Å². The molecule has 0 aliphatic carbocycles. The number of hydrogen-bond donors (Lipinski definition) is 0. The topological polar surface area (TPSA) is 26.3 Å². The van der Waals surface area contributed by atoms with Gasteiger partial charge in [0.15, 0.2) is 0 Å². The van der Waals surface area contributed by atoms with Crippen LogP contribution in [0.15, 0.2) is 43.0 Å². The van der Waals surface area contributed by atoms with E-state index in [-0.39, 0.29) is 6.42 Å². The van der Waals surface area contributed by atoms with E-state index in [2.05, 4.69) is 11.3 Å². The van der Waals surface area contributed by atoms with Gasteiger partial charge >= 0.3 is 11.5 Å². The third kappa shape index (κ3) is 5.26. The molecular formula is C16H17F3O2S. The molecule has 0 aliphatic heterocycles. The molecule has 1 atom stereocenters. The molecule has 0 saturated heterocycles. The van der Waals surface area contributed by atoms with Crippen molar-refractivity contribution >= 4 is 23.8 Å². The van der Waals surface area contributed by atoms with Crippen molar-refractivity contribution < 1.29 is 22.7 Å². The van der Waals surface area contributed by atoms with E-state index in [1.807, 2.05) is 19.1 Å². The fourth-order valence-electron chi connectivity index (χ4n) is 1.84. The monoisotopic (exact) mass is 330 g/mol. The van der Waals surface area contributed by atoms with Crippen molar-refractivity contribution in [1.29, 1.82) is 0 Å². The number of aryl methyl sites for hydroxylation is 1. The predicted octanol–water partition coefficient (Wildman–Crippen LogP) is 4.75. The van der Waals surface area contributed by atoms with Gasteiger partial charge in [-0.1, -0.05) is 48.1 Å². The molecule has 0 saturated carbocycles. The Morgan fingerprint density at radius 1 is 1.32 bits per heavy atom. The van der Waals surface area contributed by atoms with E-state index in [4.69, 9.17) is 0 Å². The molecule has 0 spiro atoms. The third-order valence-corrected chi connectivity index (χ3v) is 3.96. The second kappa shape index (κ2) is 7.54. The number of benzene rings is 1. The molecule has 0 heterocycles. The smallest absolute Gasteiger partial charge is 0.443 e. The molecule has 2 nitrogen and oxygen atoms in total. The number of thioether (sulfide) groups is 1. The molecule has 0 fully saturated rings. The number of rotatable bonds is 6. The maximum Gasteiger partial charge on any atom is 0.443 e. The van der Waals surface area contributed by atoms with Gasteiger partial charge in [0.25, 0.3) is 0 Å². The Kier molecular flexibility index (Phi) is 6.29. The average molecular weight is 330 g/mol. The summed E-state index contributed by atoms with van der Waals surface area (Å²) < 4.78 is 41.2. The van der Waals surface area contributed by atoms with Gasteiger partial charge in [-0.3, -0.25) is 4.79 Å². The van der Waals surface area contributed by atoms with Crippen LogP contribution >= 0.6 is 11.8 Å². The van der Waals surface area contributed by atoms with Gasteiger partial charge in [0.2, 0.25) is 0 Å². The van der Waals surface area contributed by atoms with Crippen LogP contribution in [-0.4, -0.2) is 23.3 Å². The Bertz CT molecular complexity index is 550. The minimum atomic E-state index is -4.57. The van der Waals surface area contributed by atoms with Crippen LogP contribution in [0.4, 0.5) is 13.2 Å². The maximum absolute atomic E-state index is 12.8. The summed E-state index contributed by atoms with van der Waals surface area (Å²) in [6, 6.07) is 7.20. The molecule has 1 aromatic rings. The highest BCUT2D eigenvalue weighted by Crippen LogP contribution is 2.44. The molecule has 0 aliphatic rings. The lowest BCUT2D eigenvalue weighted by Gasteiger charge is -2.26. The Balaban J connectivity index is 3.19. The van der Waals surface area contributed by atoms with Crippen LogP contribution in [0, 0.1) is 6.92 Å². The van der Waals surface area contributed by atoms with Gasteiger partial charge in [-0.05, 0) is 30.7 Å². The summed E-state index contributed by atoms with van der Waals surface area (Å²) in [7, 11) is 1.07. The van der Waals surface area contributed by atoms with Crippen LogP contribution in [0.1, 0.15) is 17.5 Å². The minimum Gasteiger partial charge on any atom is -0.468 e. The van der Waals surface area contributed by atoms with Gasteiger partial charge in [0.05, 0.1) is 7.11 Å². The van der Waals surface area contributed by atoms with Crippen LogP contribution in [0.5, 0.6) is 0 Å². The molecule has 120 valence electrons. The molecule has 0 aromatic heterocycles. The molecule has 1 aromatic carbocycles. The van der Waals surface area contributed by atoms with Crippen LogP contribution < -0.4 is 0 Å². The summed E-state index contributed by atoms with van der Waals surface area (Å²) in [6.07, 6.45) is 3.79. The van der Waals surface area contributed by atoms with Gasteiger partial charge in [-0.15, -0.1) is 6.58 Å². The molecule has 0 radical (unpaired) electrons. The molecule has 6 heteroatoms. The number of ether oxygens (including phenoxy) is 1. The summed E-state index contributed by atoms with van der Waals surface area (Å²) >= 11 is -0.404. The van der Waals surface area contributed by atoms with Crippen molar-refractivity contribution in [3.63, 3.8) is 0 Å². The normalized spacial score (nSPS) is 14.6. The average Bonchev–Trinajstić information content (AvgIpc) is 2.44. The van der Waals surface area contributed by atoms with Crippen molar-refractivity contribution in [2.45, 2.75) is 23.6 Å². The highest BCUT2D eigenvalue weighted by atomic mass is 32.2. The van der Waals surface area contributed by atoms with E-state index < -0.39 is 28.0 Å². The van der Waals surface area contributed by atoms with Crippen molar-refractivity contribution in [3.05, 3.63) is 54.1 Å². The first-order chi connectivity index (χ1) is 10.2. The molecular weight excluding hydrogens is 313 g/mol. The first-order valence-electron chi connectivity index (χ1n) is 6.44. The quantitative estimate of drug-likeness (QED) is 0.556. The highest BCUT2D eigenvalue weighted by molar-refractivity contribution is 8.02. The van der Waals surface area contributed by atoms with Gasteiger partial charge < -0.3 is 4.74 Å². The van der Waals surface area contributed by atoms with Crippen LogP contribution in [-0.2, 0) is 9.53 Å². The van der Waals surface area contributed by atoms with Crippen LogP contribution in [0.3, 0.4) is 0 Å². The molecule has 0 N–H and O–H groups in total. The molecule has 0 bridgehead atoms. The number of allylic oxidation sites excluding steroid dienone is 1. The summed E-state index contributed by atoms with van der Waals surface area (Å²) in [5.41, 5.74) is -2.84. The molecule has 1 unspecified atom stereocenters. The molecule has 0 amide bonds. The number of carbonyl (C=O) groups is 1. The van der Waals surface area contributed by atoms with Gasteiger partial charge in [-0.25, -0.2) is 0 Å². The number of esters is 1. The summed E-state index contributed by atoms with van der Waals surface area (Å²) in [4.78, 5) is 11.9. The number of methoxy groups -OCH3 is 1. The number of alkyl halides is 3. The van der Waals surface area contributed by atoms with Crippen molar-refractivity contribution in [1.82, 2.24) is 0 Å². The predicted molar refractivity (Wildman–Crippen MR) is 83.4 cm³/mol. The van der Waals surface area contributed by atoms with Crippen molar-refractivity contribution in [2.75, 3.05) is 7.11 Å². The lowest BCUT2D eigenvalue weighted by molar-refractivity contribution is -0.142. The third-order valence-electron chi connectivity index (χ3n) is 2.90. The first kappa shape index (κ1) is 18.4. The Morgan fingerprint density at radius 2 is 1.91 bits per heavy atom. The SMILES string of the molecule is C=CCC(/C=C/c1ccc(C)cc1)(SC(F)(F)F)C(=O)OC. The zero-order valence-corrected chi connectivity index (χ0v) is 13.1. The zero-order chi connectivity index (χ0) is 16.8. The van der Waals surface area contributed by atoms with Crippen molar-refractivity contribution in [3.8, 4) is 0 Å². The van der Waals surface area contributed by atoms with Gasteiger partial charge in [-0.2, -0.15) is 13.2 Å². The van der Waals surface area contributed by atoms with E-state index >= 15 is 0 Å².